The lowest BCUT2D eigenvalue weighted by molar-refractivity contribution is -0.127. The summed E-state index contributed by atoms with van der Waals surface area (Å²) in [5, 5.41) is 19.6. The standard InChI is InChI=1S/C16H28N6O2S2/c23-12(22-16-18-4-1-5-19-16)9-3-7-25-14(9)21-13(24)15-20-10-8-17-6-2-11(10)26-15/h9-11,14-20H,1-8H2,(H,21,24)(H,22,23). The van der Waals surface area contributed by atoms with E-state index < -0.39 is 0 Å². The van der Waals surface area contributed by atoms with Crippen LogP contribution in [0, 0.1) is 5.92 Å². The van der Waals surface area contributed by atoms with Crippen molar-refractivity contribution in [3.05, 3.63) is 0 Å². The number of thioether (sulfide) groups is 2. The molecule has 8 nitrogen and oxygen atoms in total. The molecule has 26 heavy (non-hydrogen) atoms. The topological polar surface area (TPSA) is 106 Å². The molecule has 0 spiro atoms. The highest BCUT2D eigenvalue weighted by molar-refractivity contribution is 8.01. The Hall–Kier alpha value is -0.520. The van der Waals surface area contributed by atoms with Crippen LogP contribution in [-0.2, 0) is 9.59 Å². The molecule has 4 saturated heterocycles. The van der Waals surface area contributed by atoms with Crippen LogP contribution in [0.2, 0.25) is 0 Å². The van der Waals surface area contributed by atoms with Crippen molar-refractivity contribution in [1.82, 2.24) is 31.9 Å². The number of carbonyl (C=O) groups excluding carboxylic acids is 2. The Morgan fingerprint density at radius 2 is 1.85 bits per heavy atom. The van der Waals surface area contributed by atoms with Gasteiger partial charge < -0.3 is 16.0 Å². The molecule has 4 fully saturated rings. The molecule has 4 heterocycles. The van der Waals surface area contributed by atoms with Gasteiger partial charge in [-0.3, -0.25) is 25.5 Å². The summed E-state index contributed by atoms with van der Waals surface area (Å²) in [6.45, 7) is 3.75. The fourth-order valence-corrected chi connectivity index (χ4v) is 6.68. The van der Waals surface area contributed by atoms with Gasteiger partial charge in [-0.25, -0.2) is 0 Å². The maximum atomic E-state index is 12.7. The molecule has 4 aliphatic heterocycles. The van der Waals surface area contributed by atoms with E-state index in [2.05, 4.69) is 31.9 Å². The molecule has 6 N–H and O–H groups in total. The van der Waals surface area contributed by atoms with Crippen LogP contribution in [0.15, 0.2) is 0 Å². The Balaban J connectivity index is 1.29. The fraction of sp³-hybridized carbons (Fsp3) is 0.875. The Kier molecular flexibility index (Phi) is 6.27. The lowest BCUT2D eigenvalue weighted by atomic mass is 10.1. The van der Waals surface area contributed by atoms with Crippen molar-refractivity contribution in [3.63, 3.8) is 0 Å². The van der Waals surface area contributed by atoms with Gasteiger partial charge in [0.25, 0.3) is 0 Å². The second-order valence-electron chi connectivity index (χ2n) is 7.22. The summed E-state index contributed by atoms with van der Waals surface area (Å²) in [6, 6.07) is 0.364. The van der Waals surface area contributed by atoms with Gasteiger partial charge in [0.1, 0.15) is 11.7 Å². The Morgan fingerprint density at radius 3 is 2.65 bits per heavy atom. The SMILES string of the molecule is O=C(NC1SCCC1C(=O)NC1NCCCN1)C1NC2CNCCC2S1. The largest absolute Gasteiger partial charge is 0.341 e. The molecule has 0 aromatic carbocycles. The lowest BCUT2D eigenvalue weighted by Gasteiger charge is -2.28. The lowest BCUT2D eigenvalue weighted by Crippen LogP contribution is -2.60. The summed E-state index contributed by atoms with van der Waals surface area (Å²) in [7, 11) is 0. The van der Waals surface area contributed by atoms with Gasteiger partial charge in [-0.1, -0.05) is 0 Å². The smallest absolute Gasteiger partial charge is 0.248 e. The van der Waals surface area contributed by atoms with Gasteiger partial charge in [-0.15, -0.1) is 23.5 Å². The first-order valence-corrected chi connectivity index (χ1v) is 11.5. The van der Waals surface area contributed by atoms with Crippen molar-refractivity contribution in [2.24, 2.45) is 5.92 Å². The normalized spacial score (nSPS) is 37.9. The maximum Gasteiger partial charge on any atom is 0.248 e. The summed E-state index contributed by atoms with van der Waals surface area (Å²) in [5.74, 6) is 0.743. The average molecular weight is 401 g/mol. The van der Waals surface area contributed by atoms with E-state index in [1.54, 1.807) is 23.5 Å². The van der Waals surface area contributed by atoms with Crippen molar-refractivity contribution < 1.29 is 9.59 Å². The highest BCUT2D eigenvalue weighted by Gasteiger charge is 2.41. The van der Waals surface area contributed by atoms with Crippen molar-refractivity contribution in [2.75, 3.05) is 31.9 Å². The van der Waals surface area contributed by atoms with E-state index in [1.165, 1.54) is 0 Å². The Bertz CT molecular complexity index is 519. The first-order chi connectivity index (χ1) is 12.7. The van der Waals surface area contributed by atoms with Crippen molar-refractivity contribution in [2.45, 2.75) is 47.6 Å². The van der Waals surface area contributed by atoms with E-state index >= 15 is 0 Å². The summed E-state index contributed by atoms with van der Waals surface area (Å²) < 4.78 is 0. The van der Waals surface area contributed by atoms with Crippen molar-refractivity contribution in [3.8, 4) is 0 Å². The number of piperidine rings is 1. The van der Waals surface area contributed by atoms with Crippen molar-refractivity contribution >= 4 is 35.3 Å². The zero-order chi connectivity index (χ0) is 17.9. The van der Waals surface area contributed by atoms with Crippen molar-refractivity contribution in [1.29, 1.82) is 0 Å². The van der Waals surface area contributed by atoms with Gasteiger partial charge in [-0.2, -0.15) is 0 Å². The monoisotopic (exact) mass is 400 g/mol. The summed E-state index contributed by atoms with van der Waals surface area (Å²) in [5.41, 5.74) is 0. The van der Waals surface area contributed by atoms with Gasteiger partial charge in [0.2, 0.25) is 11.8 Å². The predicted octanol–water partition coefficient (Wildman–Crippen LogP) is -1.44. The Labute approximate surface area is 162 Å². The molecule has 0 saturated carbocycles. The van der Waals surface area contributed by atoms with Gasteiger partial charge in [0.15, 0.2) is 0 Å². The first-order valence-electron chi connectivity index (χ1n) is 9.52. The molecule has 5 atom stereocenters. The first kappa shape index (κ1) is 18.8. The van der Waals surface area contributed by atoms with E-state index in [9.17, 15) is 9.59 Å². The molecular weight excluding hydrogens is 372 g/mol. The fourth-order valence-electron chi connectivity index (χ4n) is 3.93. The molecular formula is C16H28N6O2S2. The zero-order valence-electron chi connectivity index (χ0n) is 14.8. The number of hydrogen-bond donors (Lipinski definition) is 6. The van der Waals surface area contributed by atoms with E-state index in [0.29, 0.717) is 11.3 Å². The van der Waals surface area contributed by atoms with Crippen LogP contribution >= 0.6 is 23.5 Å². The molecule has 0 radical (unpaired) electrons. The van der Waals surface area contributed by atoms with Crippen LogP contribution in [0.4, 0.5) is 0 Å². The van der Waals surface area contributed by atoms with Crippen LogP contribution in [0.25, 0.3) is 0 Å². The van der Waals surface area contributed by atoms with E-state index in [-0.39, 0.29) is 34.8 Å². The second-order valence-corrected chi connectivity index (χ2v) is 9.82. The quantitative estimate of drug-likeness (QED) is 0.341. The number of rotatable bonds is 4. The van der Waals surface area contributed by atoms with Gasteiger partial charge in [0, 0.05) is 17.8 Å². The summed E-state index contributed by atoms with van der Waals surface area (Å²) in [6.07, 6.45) is 2.79. The minimum Gasteiger partial charge on any atom is -0.341 e. The van der Waals surface area contributed by atoms with E-state index in [1.807, 2.05) is 0 Å². The molecule has 2 amide bonds. The van der Waals surface area contributed by atoms with Crippen LogP contribution in [-0.4, -0.2) is 72.1 Å². The van der Waals surface area contributed by atoms with Crippen LogP contribution in [0.5, 0.6) is 0 Å². The van der Waals surface area contributed by atoms with Gasteiger partial charge in [0.05, 0.1) is 11.3 Å². The van der Waals surface area contributed by atoms with E-state index in [4.69, 9.17) is 0 Å². The second kappa shape index (κ2) is 8.66. The predicted molar refractivity (Wildman–Crippen MR) is 105 cm³/mol. The van der Waals surface area contributed by atoms with Crippen LogP contribution in [0.3, 0.4) is 0 Å². The maximum absolute atomic E-state index is 12.7. The number of hydrogen-bond acceptors (Lipinski definition) is 8. The third-order valence-electron chi connectivity index (χ3n) is 5.38. The highest BCUT2D eigenvalue weighted by atomic mass is 32.2. The third-order valence-corrected chi connectivity index (χ3v) is 8.20. The number of fused-ring (bicyclic) bond motifs is 1. The average Bonchev–Trinajstić information content (AvgIpc) is 3.29. The molecule has 4 aliphatic rings. The minimum absolute atomic E-state index is 0.00974. The molecule has 10 heteroatoms. The van der Waals surface area contributed by atoms with Gasteiger partial charge >= 0.3 is 0 Å². The minimum atomic E-state index is -0.212. The highest BCUT2D eigenvalue weighted by Crippen LogP contribution is 2.34. The molecule has 0 aromatic heterocycles. The molecule has 0 bridgehead atoms. The molecule has 146 valence electrons. The van der Waals surface area contributed by atoms with Gasteiger partial charge in [-0.05, 0) is 44.6 Å². The summed E-state index contributed by atoms with van der Waals surface area (Å²) in [4.78, 5) is 25.4. The molecule has 4 rings (SSSR count). The molecule has 0 aliphatic carbocycles. The van der Waals surface area contributed by atoms with Crippen LogP contribution < -0.4 is 31.9 Å². The summed E-state index contributed by atoms with van der Waals surface area (Å²) >= 11 is 3.40. The number of nitrogens with one attached hydrogen (secondary N) is 6. The zero-order valence-corrected chi connectivity index (χ0v) is 16.4. The van der Waals surface area contributed by atoms with E-state index in [0.717, 1.165) is 51.2 Å². The Morgan fingerprint density at radius 1 is 1.00 bits per heavy atom. The molecule has 5 unspecified atom stereocenters. The number of amides is 2. The van der Waals surface area contributed by atoms with Crippen LogP contribution in [0.1, 0.15) is 19.3 Å². The number of carbonyl (C=O) groups is 2. The molecule has 0 aromatic rings. The third kappa shape index (κ3) is 4.31.